The standard InChI is InChI=1S/C11H16N2O3/c1-8(14)6-13-11(15)7-16-10-5-3-2-4-9(10)12/h2-5,8,14H,6-7,12H2,1H3,(H,13,15)/t8-/m1/s1. The van der Waals surface area contributed by atoms with Crippen molar-refractivity contribution in [2.75, 3.05) is 18.9 Å². The molecular formula is C11H16N2O3. The fraction of sp³-hybridized carbons (Fsp3) is 0.364. The normalized spacial score (nSPS) is 11.9. The third-order valence-corrected chi connectivity index (χ3v) is 1.87. The van der Waals surface area contributed by atoms with Gasteiger partial charge in [0.05, 0.1) is 11.8 Å². The second kappa shape index (κ2) is 5.97. The summed E-state index contributed by atoms with van der Waals surface area (Å²) in [5.74, 6) is 0.193. The minimum atomic E-state index is -0.564. The Hall–Kier alpha value is -1.75. The van der Waals surface area contributed by atoms with Crippen molar-refractivity contribution in [3.05, 3.63) is 24.3 Å². The number of ether oxygens (including phenoxy) is 1. The maximum atomic E-state index is 11.2. The number of nitrogens with one attached hydrogen (secondary N) is 1. The third kappa shape index (κ3) is 4.18. The topological polar surface area (TPSA) is 84.6 Å². The van der Waals surface area contributed by atoms with E-state index in [9.17, 15) is 4.79 Å². The molecule has 1 aromatic carbocycles. The Morgan fingerprint density at radius 1 is 1.56 bits per heavy atom. The lowest BCUT2D eigenvalue weighted by molar-refractivity contribution is -0.123. The largest absolute Gasteiger partial charge is 0.482 e. The molecule has 1 atom stereocenters. The highest BCUT2D eigenvalue weighted by Crippen LogP contribution is 2.19. The smallest absolute Gasteiger partial charge is 0.258 e. The molecular weight excluding hydrogens is 208 g/mol. The molecule has 0 aliphatic carbocycles. The van der Waals surface area contributed by atoms with E-state index in [0.717, 1.165) is 0 Å². The molecule has 0 aliphatic rings. The fourth-order valence-electron chi connectivity index (χ4n) is 1.07. The molecule has 1 rings (SSSR count). The molecule has 0 aromatic heterocycles. The van der Waals surface area contributed by atoms with Crippen molar-refractivity contribution in [3.63, 3.8) is 0 Å². The van der Waals surface area contributed by atoms with Gasteiger partial charge >= 0.3 is 0 Å². The zero-order valence-electron chi connectivity index (χ0n) is 9.14. The molecule has 4 N–H and O–H groups in total. The van der Waals surface area contributed by atoms with Crippen molar-refractivity contribution < 1.29 is 14.6 Å². The number of hydrogen-bond donors (Lipinski definition) is 3. The summed E-state index contributed by atoms with van der Waals surface area (Å²) in [6.07, 6.45) is -0.564. The number of carbonyl (C=O) groups excluding carboxylic acids is 1. The molecule has 0 fully saturated rings. The van der Waals surface area contributed by atoms with Crippen LogP contribution in [-0.2, 0) is 4.79 Å². The fourth-order valence-corrected chi connectivity index (χ4v) is 1.07. The highest BCUT2D eigenvalue weighted by atomic mass is 16.5. The minimum absolute atomic E-state index is 0.110. The number of benzene rings is 1. The number of para-hydroxylation sites is 2. The lowest BCUT2D eigenvalue weighted by atomic mass is 10.3. The lowest BCUT2D eigenvalue weighted by Gasteiger charge is -2.09. The first-order chi connectivity index (χ1) is 7.59. The number of hydrogen-bond acceptors (Lipinski definition) is 4. The third-order valence-electron chi connectivity index (χ3n) is 1.87. The molecule has 5 heteroatoms. The molecule has 0 heterocycles. The highest BCUT2D eigenvalue weighted by molar-refractivity contribution is 5.77. The van der Waals surface area contributed by atoms with Gasteiger partial charge in [-0.3, -0.25) is 4.79 Å². The summed E-state index contributed by atoms with van der Waals surface area (Å²) in [7, 11) is 0. The SMILES string of the molecule is C[C@@H](O)CNC(=O)COc1ccccc1N. The molecule has 0 saturated heterocycles. The molecule has 1 aromatic rings. The molecule has 0 unspecified atom stereocenters. The average Bonchev–Trinajstić information content (AvgIpc) is 2.25. The van der Waals surface area contributed by atoms with Crippen LogP contribution in [0.5, 0.6) is 5.75 Å². The van der Waals surface area contributed by atoms with Crippen LogP contribution in [0.3, 0.4) is 0 Å². The summed E-state index contributed by atoms with van der Waals surface area (Å²) >= 11 is 0. The van der Waals surface area contributed by atoms with Gasteiger partial charge in [-0.05, 0) is 19.1 Å². The Morgan fingerprint density at radius 3 is 2.88 bits per heavy atom. The van der Waals surface area contributed by atoms with Gasteiger partial charge in [-0.15, -0.1) is 0 Å². The van der Waals surface area contributed by atoms with Crippen LogP contribution in [0.1, 0.15) is 6.92 Å². The van der Waals surface area contributed by atoms with Crippen LogP contribution in [0.4, 0.5) is 5.69 Å². The van der Waals surface area contributed by atoms with E-state index >= 15 is 0 Å². The number of nitrogen functional groups attached to an aromatic ring is 1. The number of aliphatic hydroxyl groups excluding tert-OH is 1. The van der Waals surface area contributed by atoms with E-state index in [1.807, 2.05) is 0 Å². The number of nitrogens with two attached hydrogens (primary N) is 1. The van der Waals surface area contributed by atoms with E-state index in [0.29, 0.717) is 11.4 Å². The maximum absolute atomic E-state index is 11.2. The van der Waals surface area contributed by atoms with Gasteiger partial charge in [-0.25, -0.2) is 0 Å². The molecule has 0 bridgehead atoms. The predicted molar refractivity (Wildman–Crippen MR) is 61.0 cm³/mol. The zero-order chi connectivity index (χ0) is 12.0. The summed E-state index contributed by atoms with van der Waals surface area (Å²) in [5.41, 5.74) is 6.12. The van der Waals surface area contributed by atoms with Gasteiger partial charge in [0, 0.05) is 6.54 Å². The van der Waals surface area contributed by atoms with Crippen molar-refractivity contribution >= 4 is 11.6 Å². The summed E-state index contributed by atoms with van der Waals surface area (Å²) in [4.78, 5) is 11.2. The van der Waals surface area contributed by atoms with Crippen LogP contribution in [0.15, 0.2) is 24.3 Å². The monoisotopic (exact) mass is 224 g/mol. The second-order valence-electron chi connectivity index (χ2n) is 3.48. The van der Waals surface area contributed by atoms with Gasteiger partial charge < -0.3 is 20.9 Å². The second-order valence-corrected chi connectivity index (χ2v) is 3.48. The number of rotatable bonds is 5. The molecule has 0 spiro atoms. The van der Waals surface area contributed by atoms with Crippen molar-refractivity contribution in [3.8, 4) is 5.75 Å². The van der Waals surface area contributed by atoms with Crippen molar-refractivity contribution in [2.24, 2.45) is 0 Å². The van der Waals surface area contributed by atoms with Crippen LogP contribution >= 0.6 is 0 Å². The Morgan fingerprint density at radius 2 is 2.25 bits per heavy atom. The van der Waals surface area contributed by atoms with Gasteiger partial charge in [-0.1, -0.05) is 12.1 Å². The number of anilines is 1. The minimum Gasteiger partial charge on any atom is -0.482 e. The van der Waals surface area contributed by atoms with Crippen molar-refractivity contribution in [1.29, 1.82) is 0 Å². The number of amides is 1. The van der Waals surface area contributed by atoms with E-state index in [4.69, 9.17) is 15.6 Å². The zero-order valence-corrected chi connectivity index (χ0v) is 9.14. The van der Waals surface area contributed by atoms with Gasteiger partial charge in [0.15, 0.2) is 6.61 Å². The molecule has 0 saturated carbocycles. The maximum Gasteiger partial charge on any atom is 0.258 e. The molecule has 1 amide bonds. The van der Waals surface area contributed by atoms with Crippen LogP contribution in [0.2, 0.25) is 0 Å². The Labute approximate surface area is 94.2 Å². The average molecular weight is 224 g/mol. The van der Waals surface area contributed by atoms with Crippen LogP contribution in [-0.4, -0.2) is 30.3 Å². The van der Waals surface area contributed by atoms with E-state index in [2.05, 4.69) is 5.32 Å². The van der Waals surface area contributed by atoms with Crippen LogP contribution in [0, 0.1) is 0 Å². The van der Waals surface area contributed by atoms with Crippen molar-refractivity contribution in [2.45, 2.75) is 13.0 Å². The van der Waals surface area contributed by atoms with Gasteiger partial charge in [-0.2, -0.15) is 0 Å². The van der Waals surface area contributed by atoms with Crippen molar-refractivity contribution in [1.82, 2.24) is 5.32 Å². The molecule has 5 nitrogen and oxygen atoms in total. The molecule has 0 radical (unpaired) electrons. The molecule has 88 valence electrons. The van der Waals surface area contributed by atoms with Crippen LogP contribution in [0.25, 0.3) is 0 Å². The number of aliphatic hydroxyl groups is 1. The first-order valence-electron chi connectivity index (χ1n) is 5.01. The van der Waals surface area contributed by atoms with Gasteiger partial charge in [0.1, 0.15) is 5.75 Å². The highest BCUT2D eigenvalue weighted by Gasteiger charge is 2.05. The Kier molecular flexibility index (Phi) is 4.60. The lowest BCUT2D eigenvalue weighted by Crippen LogP contribution is -2.34. The first kappa shape index (κ1) is 12.3. The quantitative estimate of drug-likeness (QED) is 0.621. The summed E-state index contributed by atoms with van der Waals surface area (Å²) in [6.45, 7) is 1.70. The van der Waals surface area contributed by atoms with Crippen LogP contribution < -0.4 is 15.8 Å². The Balaban J connectivity index is 2.35. The Bertz CT molecular complexity index is 353. The van der Waals surface area contributed by atoms with Gasteiger partial charge in [0.2, 0.25) is 0 Å². The first-order valence-corrected chi connectivity index (χ1v) is 5.01. The molecule has 0 aliphatic heterocycles. The van der Waals surface area contributed by atoms with E-state index < -0.39 is 6.10 Å². The van der Waals surface area contributed by atoms with Gasteiger partial charge in [0.25, 0.3) is 5.91 Å². The summed E-state index contributed by atoms with van der Waals surface area (Å²) in [6, 6.07) is 6.95. The summed E-state index contributed by atoms with van der Waals surface area (Å²) in [5, 5.41) is 11.5. The van der Waals surface area contributed by atoms with E-state index in [1.165, 1.54) is 0 Å². The molecule has 16 heavy (non-hydrogen) atoms. The number of carbonyl (C=O) groups is 1. The van der Waals surface area contributed by atoms with E-state index in [-0.39, 0.29) is 19.1 Å². The predicted octanol–water partition coefficient (Wildman–Crippen LogP) is 0.145. The van der Waals surface area contributed by atoms with E-state index in [1.54, 1.807) is 31.2 Å². The summed E-state index contributed by atoms with van der Waals surface area (Å²) < 4.78 is 5.21.